The second-order valence-electron chi connectivity index (χ2n) is 2.06. The van der Waals surface area contributed by atoms with Gasteiger partial charge in [-0.2, -0.15) is 5.26 Å². The van der Waals surface area contributed by atoms with Crippen molar-refractivity contribution < 1.29 is 5.11 Å². The third-order valence-corrected chi connectivity index (χ3v) is 2.24. The van der Waals surface area contributed by atoms with Crippen molar-refractivity contribution in [2.75, 3.05) is 0 Å². The molecule has 0 radical (unpaired) electrons. The minimum absolute atomic E-state index is 0.0275. The van der Waals surface area contributed by atoms with E-state index in [2.05, 4.69) is 36.8 Å². The first-order chi connectivity index (χ1) is 5.65. The van der Waals surface area contributed by atoms with Crippen LogP contribution < -0.4 is 0 Å². The van der Waals surface area contributed by atoms with Crippen molar-refractivity contribution in [3.8, 4) is 11.8 Å². The Bertz CT molecular complexity index is 346. The molecule has 0 aliphatic carbocycles. The van der Waals surface area contributed by atoms with Gasteiger partial charge in [-0.25, -0.2) is 4.98 Å². The summed E-state index contributed by atoms with van der Waals surface area (Å²) in [6.07, 6.45) is 0.101. The van der Waals surface area contributed by atoms with Crippen LogP contribution in [0.4, 0.5) is 0 Å². The Morgan fingerprint density at radius 2 is 2.25 bits per heavy atom. The summed E-state index contributed by atoms with van der Waals surface area (Å²) in [4.78, 5) is 3.94. The lowest BCUT2D eigenvalue weighted by molar-refractivity contribution is 0.462. The summed E-state index contributed by atoms with van der Waals surface area (Å²) in [5.41, 5.74) is 0.374. The Morgan fingerprint density at radius 1 is 1.58 bits per heavy atom. The van der Waals surface area contributed by atoms with Gasteiger partial charge in [-0.05, 0) is 37.9 Å². The molecule has 1 N–H and O–H groups in total. The number of halogens is 2. The fourth-order valence-electron chi connectivity index (χ4n) is 0.723. The third-order valence-electron chi connectivity index (χ3n) is 1.23. The van der Waals surface area contributed by atoms with Crippen LogP contribution in [0.3, 0.4) is 0 Å². The SMILES string of the molecule is N#CCc1nc(Br)cc(Br)c1O. The van der Waals surface area contributed by atoms with Crippen molar-refractivity contribution in [2.24, 2.45) is 0 Å². The first-order valence-electron chi connectivity index (χ1n) is 3.06. The molecular formula is C7H4Br2N2O. The van der Waals surface area contributed by atoms with Gasteiger partial charge in [0.15, 0.2) is 5.75 Å². The largest absolute Gasteiger partial charge is 0.505 e. The fourth-order valence-corrected chi connectivity index (χ4v) is 1.92. The molecule has 12 heavy (non-hydrogen) atoms. The number of nitriles is 1. The average molecular weight is 292 g/mol. The summed E-state index contributed by atoms with van der Waals surface area (Å²) in [6, 6.07) is 3.54. The van der Waals surface area contributed by atoms with Gasteiger partial charge in [-0.1, -0.05) is 0 Å². The molecule has 1 aromatic rings. The van der Waals surface area contributed by atoms with Crippen molar-refractivity contribution in [3.63, 3.8) is 0 Å². The second kappa shape index (κ2) is 3.87. The lowest BCUT2D eigenvalue weighted by Crippen LogP contribution is -1.90. The molecule has 62 valence electrons. The molecular weight excluding hydrogens is 288 g/mol. The van der Waals surface area contributed by atoms with Crippen LogP contribution in [0.25, 0.3) is 0 Å². The maximum atomic E-state index is 9.37. The van der Waals surface area contributed by atoms with E-state index in [1.165, 1.54) is 0 Å². The van der Waals surface area contributed by atoms with Gasteiger partial charge in [0.25, 0.3) is 0 Å². The van der Waals surface area contributed by atoms with Gasteiger partial charge in [0.1, 0.15) is 4.60 Å². The molecule has 1 rings (SSSR count). The van der Waals surface area contributed by atoms with Crippen LogP contribution in [0.5, 0.6) is 5.75 Å². The van der Waals surface area contributed by atoms with Gasteiger partial charge in [0, 0.05) is 0 Å². The van der Waals surface area contributed by atoms with Gasteiger partial charge in [0.05, 0.1) is 22.7 Å². The van der Waals surface area contributed by atoms with Crippen molar-refractivity contribution in [3.05, 3.63) is 20.8 Å². The van der Waals surface area contributed by atoms with Gasteiger partial charge >= 0.3 is 0 Å². The highest BCUT2D eigenvalue weighted by molar-refractivity contribution is 9.11. The van der Waals surface area contributed by atoms with E-state index in [1.54, 1.807) is 6.07 Å². The monoisotopic (exact) mass is 290 g/mol. The molecule has 0 saturated carbocycles. The Morgan fingerprint density at radius 3 is 2.83 bits per heavy atom. The van der Waals surface area contributed by atoms with Gasteiger partial charge in [-0.15, -0.1) is 0 Å². The molecule has 0 fully saturated rings. The highest BCUT2D eigenvalue weighted by atomic mass is 79.9. The van der Waals surface area contributed by atoms with E-state index >= 15 is 0 Å². The normalized spacial score (nSPS) is 9.42. The number of hydrogen-bond donors (Lipinski definition) is 1. The van der Waals surface area contributed by atoms with Crippen LogP contribution in [-0.2, 0) is 6.42 Å². The van der Waals surface area contributed by atoms with E-state index < -0.39 is 0 Å². The molecule has 0 bridgehead atoms. The Balaban J connectivity index is 3.20. The minimum atomic E-state index is 0.0275. The number of hydrogen-bond acceptors (Lipinski definition) is 3. The van der Waals surface area contributed by atoms with E-state index in [0.717, 1.165) is 0 Å². The van der Waals surface area contributed by atoms with Crippen molar-refractivity contribution >= 4 is 31.9 Å². The quantitative estimate of drug-likeness (QED) is 0.808. The lowest BCUT2D eigenvalue weighted by atomic mass is 10.3. The van der Waals surface area contributed by atoms with Crippen LogP contribution in [0, 0.1) is 11.3 Å². The predicted molar refractivity (Wildman–Crippen MR) is 50.6 cm³/mol. The molecule has 0 aliphatic rings. The standard InChI is InChI=1S/C7H4Br2N2O/c8-4-3-6(9)11-5(1-2-10)7(4)12/h3,12H,1H2. The molecule has 3 nitrogen and oxygen atoms in total. The summed E-state index contributed by atoms with van der Waals surface area (Å²) in [6.45, 7) is 0. The Kier molecular flexibility index (Phi) is 3.06. The molecule has 0 amide bonds. The van der Waals surface area contributed by atoms with Crippen LogP contribution >= 0.6 is 31.9 Å². The Hall–Kier alpha value is -0.600. The first kappa shape index (κ1) is 9.49. The molecule has 1 heterocycles. The number of aromatic nitrogens is 1. The maximum Gasteiger partial charge on any atom is 0.152 e. The zero-order valence-corrected chi connectivity index (χ0v) is 9.05. The van der Waals surface area contributed by atoms with Crippen LogP contribution in [0.2, 0.25) is 0 Å². The zero-order chi connectivity index (χ0) is 9.14. The van der Waals surface area contributed by atoms with Gasteiger partial charge in [-0.3, -0.25) is 0 Å². The highest BCUT2D eigenvalue weighted by Gasteiger charge is 2.07. The number of rotatable bonds is 1. The maximum absolute atomic E-state index is 9.37. The first-order valence-corrected chi connectivity index (χ1v) is 4.64. The smallest absolute Gasteiger partial charge is 0.152 e. The van der Waals surface area contributed by atoms with Crippen molar-refractivity contribution in [1.29, 1.82) is 5.26 Å². The summed E-state index contributed by atoms with van der Waals surface area (Å²) in [7, 11) is 0. The van der Waals surface area contributed by atoms with Crippen molar-refractivity contribution in [2.45, 2.75) is 6.42 Å². The lowest BCUT2D eigenvalue weighted by Gasteiger charge is -2.01. The van der Waals surface area contributed by atoms with Crippen LogP contribution in [0.1, 0.15) is 5.69 Å². The fraction of sp³-hybridized carbons (Fsp3) is 0.143. The number of pyridine rings is 1. The van der Waals surface area contributed by atoms with E-state index in [9.17, 15) is 5.11 Å². The van der Waals surface area contributed by atoms with E-state index in [0.29, 0.717) is 14.8 Å². The van der Waals surface area contributed by atoms with E-state index in [4.69, 9.17) is 5.26 Å². The van der Waals surface area contributed by atoms with Gasteiger partial charge < -0.3 is 5.11 Å². The molecule has 1 aromatic heterocycles. The van der Waals surface area contributed by atoms with E-state index in [1.807, 2.05) is 6.07 Å². The molecule has 0 aliphatic heterocycles. The minimum Gasteiger partial charge on any atom is -0.505 e. The molecule has 0 aromatic carbocycles. The second-order valence-corrected chi connectivity index (χ2v) is 3.72. The topological polar surface area (TPSA) is 56.9 Å². The summed E-state index contributed by atoms with van der Waals surface area (Å²) in [5.74, 6) is 0.0275. The molecule has 0 spiro atoms. The predicted octanol–water partition coefficient (Wildman–Crippen LogP) is 2.38. The zero-order valence-electron chi connectivity index (χ0n) is 5.88. The van der Waals surface area contributed by atoms with E-state index in [-0.39, 0.29) is 12.2 Å². The molecule has 0 saturated heterocycles. The molecule has 0 atom stereocenters. The summed E-state index contributed by atoms with van der Waals surface area (Å²) >= 11 is 6.29. The number of aromatic hydroxyl groups is 1. The Labute approximate surface area is 86.3 Å². The van der Waals surface area contributed by atoms with Crippen molar-refractivity contribution in [1.82, 2.24) is 4.98 Å². The summed E-state index contributed by atoms with van der Waals surface area (Å²) in [5, 5.41) is 17.8. The highest BCUT2D eigenvalue weighted by Crippen LogP contribution is 2.29. The molecule has 5 heteroatoms. The average Bonchev–Trinajstić information content (AvgIpc) is 2.00. The number of nitrogens with zero attached hydrogens (tertiary/aromatic N) is 2. The molecule has 0 unspecified atom stereocenters. The van der Waals surface area contributed by atoms with Crippen LogP contribution in [-0.4, -0.2) is 10.1 Å². The van der Waals surface area contributed by atoms with Gasteiger partial charge in [0.2, 0.25) is 0 Å². The summed E-state index contributed by atoms with van der Waals surface area (Å²) < 4.78 is 1.13. The van der Waals surface area contributed by atoms with Crippen LogP contribution in [0.15, 0.2) is 15.1 Å². The third kappa shape index (κ3) is 1.96.